The molecule has 1 unspecified atom stereocenters. The summed E-state index contributed by atoms with van der Waals surface area (Å²) in [4.78, 5) is 12.4. The van der Waals surface area contributed by atoms with Crippen LogP contribution in [0.15, 0.2) is 53.4 Å². The number of carbonyl (C=O) groups is 1. The molecule has 110 valence electrons. The van der Waals surface area contributed by atoms with Gasteiger partial charge in [0.1, 0.15) is 5.54 Å². The third kappa shape index (κ3) is 3.71. The fourth-order valence-electron chi connectivity index (χ4n) is 1.77. The smallest absolute Gasteiger partial charge is 0.329 e. The largest absolute Gasteiger partial charge is 0.480 e. The highest BCUT2D eigenvalue weighted by molar-refractivity contribution is 7.99. The van der Waals surface area contributed by atoms with Gasteiger partial charge >= 0.3 is 5.97 Å². The monoisotopic (exact) mass is 341 g/mol. The van der Waals surface area contributed by atoms with E-state index in [1.807, 2.05) is 6.07 Å². The molecule has 0 amide bonds. The molecule has 6 heteroatoms. The Hall–Kier alpha value is -1.20. The van der Waals surface area contributed by atoms with Crippen molar-refractivity contribution >= 4 is 40.9 Å². The lowest BCUT2D eigenvalue weighted by molar-refractivity contribution is -0.142. The molecule has 0 spiro atoms. The normalized spacial score (nSPS) is 13.7. The second-order valence-electron chi connectivity index (χ2n) is 4.51. The van der Waals surface area contributed by atoms with Gasteiger partial charge in [-0.15, -0.1) is 11.8 Å². The second kappa shape index (κ2) is 6.71. The van der Waals surface area contributed by atoms with Gasteiger partial charge in [0.05, 0.1) is 10.0 Å². The van der Waals surface area contributed by atoms with Crippen LogP contribution in [0.2, 0.25) is 10.0 Å². The summed E-state index contributed by atoms with van der Waals surface area (Å²) in [5.74, 6) is -0.883. The quantitative estimate of drug-likeness (QED) is 0.806. The van der Waals surface area contributed by atoms with E-state index in [0.29, 0.717) is 15.6 Å². The van der Waals surface area contributed by atoms with Crippen molar-refractivity contribution in [1.29, 1.82) is 0 Å². The van der Waals surface area contributed by atoms with Crippen LogP contribution in [0, 0.1) is 0 Å². The maximum Gasteiger partial charge on any atom is 0.329 e. The molecule has 0 aromatic heterocycles. The molecule has 0 aliphatic rings. The lowest BCUT2D eigenvalue weighted by Crippen LogP contribution is -2.47. The predicted molar refractivity (Wildman–Crippen MR) is 87.1 cm³/mol. The molecule has 0 aliphatic heterocycles. The number of carboxylic acids is 1. The minimum atomic E-state index is -1.46. The number of halogens is 2. The fraction of sp³-hybridized carbons (Fsp3) is 0.133. The molecule has 0 bridgehead atoms. The van der Waals surface area contributed by atoms with E-state index >= 15 is 0 Å². The molecule has 0 aliphatic carbocycles. The van der Waals surface area contributed by atoms with Gasteiger partial charge in [-0.05, 0) is 23.8 Å². The van der Waals surface area contributed by atoms with Crippen molar-refractivity contribution in [3.63, 3.8) is 0 Å². The molecule has 21 heavy (non-hydrogen) atoms. The Morgan fingerprint density at radius 1 is 1.14 bits per heavy atom. The van der Waals surface area contributed by atoms with Crippen LogP contribution in [0.25, 0.3) is 0 Å². The first-order chi connectivity index (χ1) is 9.93. The lowest BCUT2D eigenvalue weighted by Gasteiger charge is -2.24. The Bertz CT molecular complexity index is 651. The molecule has 2 aromatic carbocycles. The topological polar surface area (TPSA) is 63.3 Å². The van der Waals surface area contributed by atoms with Gasteiger partial charge in [0.2, 0.25) is 0 Å². The maximum atomic E-state index is 11.6. The highest BCUT2D eigenvalue weighted by atomic mass is 35.5. The minimum absolute atomic E-state index is 0.185. The average Bonchev–Trinajstić information content (AvgIpc) is 2.49. The van der Waals surface area contributed by atoms with Gasteiger partial charge in [-0.1, -0.05) is 53.5 Å². The SMILES string of the molecule is NC(CSc1ccc(Cl)c(Cl)c1)(C(=O)O)c1ccccc1. The fourth-order valence-corrected chi connectivity index (χ4v) is 3.18. The molecule has 0 saturated carbocycles. The molecule has 2 aromatic rings. The molecule has 3 N–H and O–H groups in total. The van der Waals surface area contributed by atoms with Crippen molar-refractivity contribution in [3.05, 3.63) is 64.1 Å². The first-order valence-corrected chi connectivity index (χ1v) is 7.83. The second-order valence-corrected chi connectivity index (χ2v) is 6.37. The van der Waals surface area contributed by atoms with E-state index in [-0.39, 0.29) is 5.75 Å². The van der Waals surface area contributed by atoms with E-state index in [4.69, 9.17) is 28.9 Å². The lowest BCUT2D eigenvalue weighted by atomic mass is 9.93. The van der Waals surface area contributed by atoms with Crippen LogP contribution in [0.3, 0.4) is 0 Å². The standard InChI is InChI=1S/C15H13Cl2NO2S/c16-12-7-6-11(8-13(12)17)21-9-15(18,14(19)20)10-4-2-1-3-5-10/h1-8H,9,18H2,(H,19,20). The van der Waals surface area contributed by atoms with Gasteiger partial charge in [0.25, 0.3) is 0 Å². The van der Waals surface area contributed by atoms with Crippen molar-refractivity contribution < 1.29 is 9.90 Å². The summed E-state index contributed by atoms with van der Waals surface area (Å²) in [7, 11) is 0. The van der Waals surface area contributed by atoms with Crippen molar-refractivity contribution in [2.45, 2.75) is 10.4 Å². The summed E-state index contributed by atoms with van der Waals surface area (Å²) in [6.45, 7) is 0. The van der Waals surface area contributed by atoms with Crippen LogP contribution in [-0.4, -0.2) is 16.8 Å². The number of rotatable bonds is 5. The third-order valence-corrected chi connectivity index (χ3v) is 4.95. The number of benzene rings is 2. The molecule has 0 fully saturated rings. The van der Waals surface area contributed by atoms with Gasteiger partial charge in [-0.3, -0.25) is 0 Å². The molecule has 0 saturated heterocycles. The number of carboxylic acid groups (broad SMARTS) is 1. The van der Waals surface area contributed by atoms with Crippen LogP contribution >= 0.6 is 35.0 Å². The van der Waals surface area contributed by atoms with Crippen molar-refractivity contribution in [1.82, 2.24) is 0 Å². The van der Waals surface area contributed by atoms with E-state index in [1.165, 1.54) is 11.8 Å². The van der Waals surface area contributed by atoms with E-state index in [2.05, 4.69) is 0 Å². The van der Waals surface area contributed by atoms with Crippen LogP contribution in [0.1, 0.15) is 5.56 Å². The van der Waals surface area contributed by atoms with Gasteiger partial charge < -0.3 is 10.8 Å². The van der Waals surface area contributed by atoms with Crippen molar-refractivity contribution in [2.75, 3.05) is 5.75 Å². The van der Waals surface area contributed by atoms with E-state index in [9.17, 15) is 9.90 Å². The van der Waals surface area contributed by atoms with E-state index in [1.54, 1.807) is 42.5 Å². The van der Waals surface area contributed by atoms with Crippen LogP contribution in [-0.2, 0) is 10.3 Å². The highest BCUT2D eigenvalue weighted by Crippen LogP contribution is 2.32. The molecule has 1 atom stereocenters. The number of hydrogen-bond acceptors (Lipinski definition) is 3. The number of aliphatic carboxylic acids is 1. The summed E-state index contributed by atoms with van der Waals surface area (Å²) >= 11 is 13.1. The molecule has 0 radical (unpaired) electrons. The summed E-state index contributed by atoms with van der Waals surface area (Å²) in [5.41, 5.74) is 5.20. The van der Waals surface area contributed by atoms with Crippen LogP contribution in [0.4, 0.5) is 0 Å². The van der Waals surface area contributed by atoms with Crippen LogP contribution < -0.4 is 5.73 Å². The Morgan fingerprint density at radius 3 is 2.38 bits per heavy atom. The summed E-state index contributed by atoms with van der Waals surface area (Å²) in [6.07, 6.45) is 0. The predicted octanol–water partition coefficient (Wildman–Crippen LogP) is 4.02. The molecule has 2 rings (SSSR count). The van der Waals surface area contributed by atoms with Crippen molar-refractivity contribution in [2.24, 2.45) is 5.73 Å². The zero-order valence-electron chi connectivity index (χ0n) is 10.9. The van der Waals surface area contributed by atoms with Crippen LogP contribution in [0.5, 0.6) is 0 Å². The van der Waals surface area contributed by atoms with Gasteiger partial charge in [-0.25, -0.2) is 4.79 Å². The summed E-state index contributed by atoms with van der Waals surface area (Å²) in [6, 6.07) is 13.9. The third-order valence-electron chi connectivity index (χ3n) is 3.03. The average molecular weight is 342 g/mol. The summed E-state index contributed by atoms with van der Waals surface area (Å²) in [5, 5.41) is 10.4. The molecular weight excluding hydrogens is 329 g/mol. The number of hydrogen-bond donors (Lipinski definition) is 2. The van der Waals surface area contributed by atoms with Gasteiger partial charge in [-0.2, -0.15) is 0 Å². The number of thioether (sulfide) groups is 1. The first-order valence-electron chi connectivity index (χ1n) is 6.09. The van der Waals surface area contributed by atoms with E-state index in [0.717, 1.165) is 4.90 Å². The zero-order valence-corrected chi connectivity index (χ0v) is 13.3. The summed E-state index contributed by atoms with van der Waals surface area (Å²) < 4.78 is 0. The van der Waals surface area contributed by atoms with E-state index < -0.39 is 11.5 Å². The maximum absolute atomic E-state index is 11.6. The Morgan fingerprint density at radius 2 is 1.81 bits per heavy atom. The molecule has 0 heterocycles. The Balaban J connectivity index is 2.21. The van der Waals surface area contributed by atoms with Crippen molar-refractivity contribution in [3.8, 4) is 0 Å². The molecule has 3 nitrogen and oxygen atoms in total. The Kier molecular flexibility index (Phi) is 5.17. The van der Waals surface area contributed by atoms with Gasteiger partial charge in [0, 0.05) is 10.6 Å². The minimum Gasteiger partial charge on any atom is -0.480 e. The Labute approximate surface area is 137 Å². The van der Waals surface area contributed by atoms with Gasteiger partial charge in [0.15, 0.2) is 0 Å². The highest BCUT2D eigenvalue weighted by Gasteiger charge is 2.36. The molecular formula is C15H13Cl2NO2S. The first kappa shape index (κ1) is 16.2. The number of nitrogens with two attached hydrogens (primary N) is 1. The zero-order chi connectivity index (χ0) is 15.5.